The maximum Gasteiger partial charge on any atom is 0.416 e. The zero-order valence-corrected chi connectivity index (χ0v) is 20.3. The molecule has 3 aromatic rings. The number of halogens is 3. The van der Waals surface area contributed by atoms with Gasteiger partial charge in [-0.25, -0.2) is 0 Å². The second kappa shape index (κ2) is 10.7. The lowest BCUT2D eigenvalue weighted by atomic mass is 10.1. The Kier molecular flexibility index (Phi) is 7.60. The van der Waals surface area contributed by atoms with Gasteiger partial charge >= 0.3 is 16.3 Å². The van der Waals surface area contributed by atoms with Crippen LogP contribution in [0.3, 0.4) is 0 Å². The summed E-state index contributed by atoms with van der Waals surface area (Å²) >= 11 is 0. The Labute approximate surface area is 211 Å². The van der Waals surface area contributed by atoms with E-state index < -0.39 is 26.8 Å². The van der Waals surface area contributed by atoms with Crippen LogP contribution in [0.25, 0.3) is 0 Å². The van der Waals surface area contributed by atoms with Gasteiger partial charge in [-0.3, -0.25) is 4.79 Å². The zero-order chi connectivity index (χ0) is 26.6. The third-order valence-corrected chi connectivity index (χ3v) is 6.64. The van der Waals surface area contributed by atoms with E-state index in [4.69, 9.17) is 18.4 Å². The van der Waals surface area contributed by atoms with E-state index in [2.05, 4.69) is 0 Å². The van der Waals surface area contributed by atoms with Crippen molar-refractivity contribution >= 4 is 16.0 Å². The van der Waals surface area contributed by atoms with Gasteiger partial charge in [0.05, 0.1) is 12.2 Å². The molecule has 0 unspecified atom stereocenters. The molecule has 1 heterocycles. The Morgan fingerprint density at radius 2 is 1.76 bits per heavy atom. The summed E-state index contributed by atoms with van der Waals surface area (Å²) in [5, 5.41) is 0. The molecule has 0 N–H and O–H groups in total. The van der Waals surface area contributed by atoms with Gasteiger partial charge < -0.3 is 23.3 Å². The SMILES string of the molecule is COCCN(Cc1cccc(OS(=O)(=O)c2cccc(C(F)(F)F)c2)c1)C(=O)c1ccc2c(c1)OCO2. The number of alkyl halides is 3. The van der Waals surface area contributed by atoms with E-state index in [1.165, 1.54) is 30.2 Å². The average Bonchev–Trinajstić information content (AvgIpc) is 3.34. The number of benzene rings is 3. The molecule has 3 aromatic carbocycles. The van der Waals surface area contributed by atoms with Crippen LogP contribution >= 0.6 is 0 Å². The quantitative estimate of drug-likeness (QED) is 0.372. The molecule has 0 saturated carbocycles. The molecule has 0 spiro atoms. The number of methoxy groups -OCH3 is 1. The van der Waals surface area contributed by atoms with E-state index >= 15 is 0 Å². The molecule has 0 aromatic heterocycles. The standard InChI is InChI=1S/C25H22F3NO7S/c1-33-11-10-29(24(30)18-8-9-22-23(13-18)35-16-34-22)15-17-4-2-6-20(12-17)36-37(31,32)21-7-3-5-19(14-21)25(26,27)28/h2-9,12-14H,10-11,15-16H2,1H3. The highest BCUT2D eigenvalue weighted by atomic mass is 32.2. The van der Waals surface area contributed by atoms with Crippen molar-refractivity contribution in [2.24, 2.45) is 0 Å². The number of ether oxygens (including phenoxy) is 3. The van der Waals surface area contributed by atoms with E-state index in [0.717, 1.165) is 18.2 Å². The van der Waals surface area contributed by atoms with Crippen LogP contribution in [0.4, 0.5) is 13.2 Å². The fourth-order valence-corrected chi connectivity index (χ4v) is 4.55. The number of nitrogens with zero attached hydrogens (tertiary/aromatic N) is 1. The van der Waals surface area contributed by atoms with Crippen molar-refractivity contribution in [2.45, 2.75) is 17.6 Å². The van der Waals surface area contributed by atoms with Crippen molar-refractivity contribution in [3.8, 4) is 17.2 Å². The topological polar surface area (TPSA) is 91.4 Å². The number of amides is 1. The largest absolute Gasteiger partial charge is 0.454 e. The molecule has 0 radical (unpaired) electrons. The summed E-state index contributed by atoms with van der Waals surface area (Å²) in [6.07, 6.45) is -4.71. The van der Waals surface area contributed by atoms with E-state index in [1.807, 2.05) is 0 Å². The highest BCUT2D eigenvalue weighted by Crippen LogP contribution is 2.33. The monoisotopic (exact) mass is 537 g/mol. The van der Waals surface area contributed by atoms with E-state index in [0.29, 0.717) is 28.7 Å². The number of carbonyl (C=O) groups is 1. The van der Waals surface area contributed by atoms with Gasteiger partial charge in [-0.1, -0.05) is 18.2 Å². The first-order chi connectivity index (χ1) is 17.6. The molecule has 0 fully saturated rings. The molecule has 8 nitrogen and oxygen atoms in total. The van der Waals surface area contributed by atoms with Gasteiger partial charge in [-0.05, 0) is 54.1 Å². The summed E-state index contributed by atoms with van der Waals surface area (Å²) in [6, 6.07) is 14.0. The average molecular weight is 538 g/mol. The first-order valence-corrected chi connectivity index (χ1v) is 12.4. The van der Waals surface area contributed by atoms with E-state index in [1.54, 1.807) is 24.3 Å². The van der Waals surface area contributed by atoms with Crippen molar-refractivity contribution in [3.05, 3.63) is 83.4 Å². The minimum atomic E-state index is -4.71. The van der Waals surface area contributed by atoms with Gasteiger partial charge in [0.25, 0.3) is 5.91 Å². The number of rotatable bonds is 9. The number of hydrogen-bond acceptors (Lipinski definition) is 7. The highest BCUT2D eigenvalue weighted by Gasteiger charge is 2.32. The Balaban J connectivity index is 1.53. The molecule has 12 heteroatoms. The fraction of sp³-hybridized carbons (Fsp3) is 0.240. The molecule has 1 aliphatic rings. The number of fused-ring (bicyclic) bond motifs is 1. The Morgan fingerprint density at radius 3 is 2.51 bits per heavy atom. The van der Waals surface area contributed by atoms with Gasteiger partial charge in [-0.2, -0.15) is 21.6 Å². The Hall–Kier alpha value is -3.77. The van der Waals surface area contributed by atoms with Gasteiger partial charge in [0.2, 0.25) is 6.79 Å². The van der Waals surface area contributed by atoms with Gasteiger partial charge in [0.15, 0.2) is 11.5 Å². The Bertz CT molecular complexity index is 1390. The van der Waals surface area contributed by atoms with Crippen LogP contribution in [0.2, 0.25) is 0 Å². The molecule has 0 atom stereocenters. The maximum absolute atomic E-state index is 13.2. The number of carbonyl (C=O) groups excluding carboxylic acids is 1. The molecule has 0 saturated heterocycles. The fourth-order valence-electron chi connectivity index (χ4n) is 3.58. The summed E-state index contributed by atoms with van der Waals surface area (Å²) in [4.78, 5) is 14.1. The van der Waals surface area contributed by atoms with E-state index in [-0.39, 0.29) is 38.1 Å². The molecule has 0 bridgehead atoms. The van der Waals surface area contributed by atoms with Crippen molar-refractivity contribution in [1.29, 1.82) is 0 Å². The van der Waals surface area contributed by atoms with Crippen LogP contribution in [0.15, 0.2) is 71.6 Å². The molecule has 4 rings (SSSR count). The predicted molar refractivity (Wildman–Crippen MR) is 125 cm³/mol. The van der Waals surface area contributed by atoms with Gasteiger partial charge in [0.1, 0.15) is 10.6 Å². The molecule has 37 heavy (non-hydrogen) atoms. The summed E-state index contributed by atoms with van der Waals surface area (Å²) in [5.41, 5.74) is -0.219. The van der Waals surface area contributed by atoms with Crippen molar-refractivity contribution in [3.63, 3.8) is 0 Å². The number of hydrogen-bond donors (Lipinski definition) is 0. The molecule has 1 aliphatic heterocycles. The van der Waals surface area contributed by atoms with Crippen LogP contribution in [0.1, 0.15) is 21.5 Å². The smallest absolute Gasteiger partial charge is 0.416 e. The lowest BCUT2D eigenvalue weighted by Gasteiger charge is -2.23. The lowest BCUT2D eigenvalue weighted by Crippen LogP contribution is -2.33. The molecular formula is C25H22F3NO7S. The summed E-state index contributed by atoms with van der Waals surface area (Å²) in [7, 11) is -3.05. The molecule has 1 amide bonds. The Morgan fingerprint density at radius 1 is 1.00 bits per heavy atom. The lowest BCUT2D eigenvalue weighted by molar-refractivity contribution is -0.137. The van der Waals surface area contributed by atoms with E-state index in [9.17, 15) is 26.4 Å². The van der Waals surface area contributed by atoms with Crippen molar-refractivity contribution in [1.82, 2.24) is 4.90 Å². The normalized spacial score (nSPS) is 12.9. The summed E-state index contributed by atoms with van der Waals surface area (Å²) in [5.74, 6) is 0.551. The minimum Gasteiger partial charge on any atom is -0.454 e. The molecule has 0 aliphatic carbocycles. The van der Waals surface area contributed by atoms with Crippen LogP contribution in [-0.4, -0.2) is 46.3 Å². The highest BCUT2D eigenvalue weighted by molar-refractivity contribution is 7.87. The third-order valence-electron chi connectivity index (χ3n) is 5.40. The van der Waals surface area contributed by atoms with Crippen LogP contribution in [-0.2, 0) is 27.6 Å². The van der Waals surface area contributed by atoms with Crippen LogP contribution < -0.4 is 13.7 Å². The molecular weight excluding hydrogens is 515 g/mol. The minimum absolute atomic E-state index is 0.0660. The third kappa shape index (κ3) is 6.33. The summed E-state index contributed by atoms with van der Waals surface area (Å²) in [6.45, 7) is 0.627. The maximum atomic E-state index is 13.2. The first kappa shape index (κ1) is 26.3. The van der Waals surface area contributed by atoms with Crippen molar-refractivity contribution in [2.75, 3.05) is 27.1 Å². The second-order valence-electron chi connectivity index (χ2n) is 8.00. The van der Waals surface area contributed by atoms with Crippen LogP contribution in [0.5, 0.6) is 17.2 Å². The zero-order valence-electron chi connectivity index (χ0n) is 19.5. The first-order valence-electron chi connectivity index (χ1n) is 11.0. The van der Waals surface area contributed by atoms with Crippen LogP contribution in [0, 0.1) is 0 Å². The van der Waals surface area contributed by atoms with Crippen molar-refractivity contribution < 1.29 is 44.8 Å². The molecule has 196 valence electrons. The predicted octanol–water partition coefficient (Wildman–Crippen LogP) is 4.49. The van der Waals surface area contributed by atoms with Gasteiger partial charge in [0, 0.05) is 25.8 Å². The second-order valence-corrected chi connectivity index (χ2v) is 9.54. The van der Waals surface area contributed by atoms with Gasteiger partial charge in [-0.15, -0.1) is 0 Å². The summed E-state index contributed by atoms with van der Waals surface area (Å²) < 4.78 is 85.2.